The normalized spacial score (nSPS) is 31.4. The highest BCUT2D eigenvalue weighted by Crippen LogP contribution is 2.49. The minimum Gasteiger partial charge on any atom is -0.353 e. The zero-order chi connectivity index (χ0) is 9.47. The van der Waals surface area contributed by atoms with Crippen LogP contribution < -0.4 is 0 Å². The van der Waals surface area contributed by atoms with Gasteiger partial charge in [0.05, 0.1) is 0 Å². The monoisotopic (exact) mass is 176 g/mol. The number of hydrogen-bond acceptors (Lipinski definition) is 2. The molecule has 68 valence electrons. The zero-order valence-corrected chi connectivity index (χ0v) is 7.78. The Morgan fingerprint density at radius 1 is 1.38 bits per heavy atom. The third-order valence-electron chi connectivity index (χ3n) is 2.61. The maximum Gasteiger partial charge on any atom is 0.164 e. The van der Waals surface area contributed by atoms with E-state index in [0.29, 0.717) is 0 Å². The van der Waals surface area contributed by atoms with Crippen molar-refractivity contribution in [2.45, 2.75) is 25.6 Å². The summed E-state index contributed by atoms with van der Waals surface area (Å²) in [6, 6.07) is 9.84. The molecule has 0 N–H and O–H groups in total. The molecular formula is C11H12O2. The molecule has 0 saturated carbocycles. The van der Waals surface area contributed by atoms with E-state index in [1.54, 1.807) is 6.92 Å². The molecule has 13 heavy (non-hydrogen) atoms. The maximum atomic E-state index is 11.2. The van der Waals surface area contributed by atoms with Crippen molar-refractivity contribution in [2.24, 2.45) is 0 Å². The van der Waals surface area contributed by atoms with Gasteiger partial charge in [-0.25, -0.2) is 0 Å². The van der Waals surface area contributed by atoms with Gasteiger partial charge in [0.1, 0.15) is 6.10 Å². The van der Waals surface area contributed by atoms with Gasteiger partial charge < -0.3 is 4.74 Å². The van der Waals surface area contributed by atoms with Gasteiger partial charge in [0.25, 0.3) is 0 Å². The molecule has 0 aromatic heterocycles. The van der Waals surface area contributed by atoms with Crippen LogP contribution >= 0.6 is 0 Å². The second-order valence-corrected chi connectivity index (χ2v) is 3.57. The summed E-state index contributed by atoms with van der Waals surface area (Å²) in [4.78, 5) is 11.2. The molecule has 0 spiro atoms. The van der Waals surface area contributed by atoms with E-state index in [0.717, 1.165) is 5.56 Å². The van der Waals surface area contributed by atoms with E-state index in [2.05, 4.69) is 0 Å². The van der Waals surface area contributed by atoms with Crippen molar-refractivity contribution in [3.8, 4) is 0 Å². The van der Waals surface area contributed by atoms with Crippen molar-refractivity contribution in [3.63, 3.8) is 0 Å². The van der Waals surface area contributed by atoms with Crippen LogP contribution in [0, 0.1) is 0 Å². The number of hydrogen-bond donors (Lipinski definition) is 0. The number of rotatable bonds is 2. The average Bonchev–Trinajstić information content (AvgIpc) is 2.81. The second-order valence-electron chi connectivity index (χ2n) is 3.57. The number of ketones is 1. The molecule has 0 amide bonds. The standard InChI is InChI=1S/C11H12O2/c1-8(12)11(2)10(13-11)9-6-4-3-5-7-9/h3-7,10H,1-2H3. The lowest BCUT2D eigenvalue weighted by atomic mass is 9.98. The fourth-order valence-corrected chi connectivity index (χ4v) is 1.49. The number of Topliss-reactive ketones (excluding diaryl/α,β-unsaturated/α-hetero) is 1. The number of ether oxygens (including phenoxy) is 1. The Morgan fingerprint density at radius 3 is 2.46 bits per heavy atom. The molecule has 0 bridgehead atoms. The van der Waals surface area contributed by atoms with Gasteiger partial charge in [-0.15, -0.1) is 0 Å². The third-order valence-corrected chi connectivity index (χ3v) is 2.61. The van der Waals surface area contributed by atoms with Crippen molar-refractivity contribution >= 4 is 5.78 Å². The zero-order valence-electron chi connectivity index (χ0n) is 7.78. The van der Waals surface area contributed by atoms with E-state index in [4.69, 9.17) is 4.74 Å². The van der Waals surface area contributed by atoms with Gasteiger partial charge in [-0.2, -0.15) is 0 Å². The Balaban J connectivity index is 2.21. The van der Waals surface area contributed by atoms with Crippen LogP contribution in [-0.4, -0.2) is 11.4 Å². The summed E-state index contributed by atoms with van der Waals surface area (Å²) in [6.45, 7) is 3.41. The predicted octanol–water partition coefficient (Wildman–Crippen LogP) is 2.11. The maximum absolute atomic E-state index is 11.2. The largest absolute Gasteiger partial charge is 0.353 e. The van der Waals surface area contributed by atoms with Crippen molar-refractivity contribution in [1.29, 1.82) is 0 Å². The quantitative estimate of drug-likeness (QED) is 0.646. The molecule has 1 aliphatic rings. The molecule has 2 heteroatoms. The first-order valence-electron chi connectivity index (χ1n) is 4.38. The van der Waals surface area contributed by atoms with Gasteiger partial charge in [-0.1, -0.05) is 30.3 Å². The van der Waals surface area contributed by atoms with Crippen LogP contribution in [0.15, 0.2) is 30.3 Å². The average molecular weight is 176 g/mol. The van der Waals surface area contributed by atoms with Crippen LogP contribution in [-0.2, 0) is 9.53 Å². The van der Waals surface area contributed by atoms with Gasteiger partial charge in [-0.05, 0) is 19.4 Å². The molecule has 0 radical (unpaired) electrons. The fraction of sp³-hybridized carbons (Fsp3) is 0.364. The van der Waals surface area contributed by atoms with Crippen LogP contribution in [0.5, 0.6) is 0 Å². The van der Waals surface area contributed by atoms with Gasteiger partial charge in [0.15, 0.2) is 11.4 Å². The summed E-state index contributed by atoms with van der Waals surface area (Å²) in [6.07, 6.45) is -0.0359. The molecule has 2 rings (SSSR count). The minimum absolute atomic E-state index is 0.0359. The lowest BCUT2D eigenvalue weighted by Gasteiger charge is -1.99. The lowest BCUT2D eigenvalue weighted by Crippen LogP contribution is -2.17. The first-order chi connectivity index (χ1) is 6.14. The Labute approximate surface area is 77.5 Å². The van der Waals surface area contributed by atoms with Crippen molar-refractivity contribution in [2.75, 3.05) is 0 Å². The number of carbonyl (C=O) groups excluding carboxylic acids is 1. The second kappa shape index (κ2) is 2.67. The van der Waals surface area contributed by atoms with Gasteiger partial charge in [0, 0.05) is 0 Å². The van der Waals surface area contributed by atoms with E-state index >= 15 is 0 Å². The Bertz CT molecular complexity index is 331. The molecule has 1 aliphatic heterocycles. The van der Waals surface area contributed by atoms with E-state index in [9.17, 15) is 4.79 Å². The molecule has 2 unspecified atom stereocenters. The summed E-state index contributed by atoms with van der Waals surface area (Å²) >= 11 is 0. The highest BCUT2D eigenvalue weighted by Gasteiger charge is 2.56. The van der Waals surface area contributed by atoms with E-state index in [1.165, 1.54) is 0 Å². The third kappa shape index (κ3) is 1.27. The molecule has 1 fully saturated rings. The highest BCUT2D eigenvalue weighted by molar-refractivity contribution is 5.88. The van der Waals surface area contributed by atoms with Crippen LogP contribution in [0.4, 0.5) is 0 Å². The Kier molecular flexibility index (Phi) is 1.74. The molecule has 0 aliphatic carbocycles. The smallest absolute Gasteiger partial charge is 0.164 e. The Hall–Kier alpha value is -1.15. The molecule has 1 heterocycles. The lowest BCUT2D eigenvalue weighted by molar-refractivity contribution is -0.121. The van der Waals surface area contributed by atoms with Crippen molar-refractivity contribution in [3.05, 3.63) is 35.9 Å². The van der Waals surface area contributed by atoms with Gasteiger partial charge in [-0.3, -0.25) is 4.79 Å². The summed E-state index contributed by atoms with van der Waals surface area (Å²) < 4.78 is 5.40. The number of carbonyl (C=O) groups is 1. The molecule has 1 aromatic carbocycles. The first-order valence-corrected chi connectivity index (χ1v) is 4.38. The topological polar surface area (TPSA) is 29.6 Å². The van der Waals surface area contributed by atoms with Crippen molar-refractivity contribution < 1.29 is 9.53 Å². The molecule has 2 atom stereocenters. The van der Waals surface area contributed by atoms with Gasteiger partial charge in [0.2, 0.25) is 0 Å². The molecule has 1 aromatic rings. The summed E-state index contributed by atoms with van der Waals surface area (Å²) in [7, 11) is 0. The SMILES string of the molecule is CC(=O)C1(C)OC1c1ccccc1. The number of epoxide rings is 1. The van der Waals surface area contributed by atoms with Crippen molar-refractivity contribution in [1.82, 2.24) is 0 Å². The summed E-state index contributed by atoms with van der Waals surface area (Å²) in [5.41, 5.74) is 0.515. The van der Waals surface area contributed by atoms with Crippen LogP contribution in [0.3, 0.4) is 0 Å². The molecule has 1 saturated heterocycles. The fourth-order valence-electron chi connectivity index (χ4n) is 1.49. The molecule has 2 nitrogen and oxygen atoms in total. The Morgan fingerprint density at radius 2 is 2.00 bits per heavy atom. The van der Waals surface area contributed by atoms with Crippen LogP contribution in [0.2, 0.25) is 0 Å². The van der Waals surface area contributed by atoms with Crippen LogP contribution in [0.1, 0.15) is 25.5 Å². The highest BCUT2D eigenvalue weighted by atomic mass is 16.6. The van der Waals surface area contributed by atoms with E-state index < -0.39 is 5.60 Å². The minimum atomic E-state index is -0.568. The number of benzene rings is 1. The van der Waals surface area contributed by atoms with E-state index in [-0.39, 0.29) is 11.9 Å². The summed E-state index contributed by atoms with van der Waals surface area (Å²) in [5.74, 6) is 0.0985. The summed E-state index contributed by atoms with van der Waals surface area (Å²) in [5, 5.41) is 0. The first kappa shape index (κ1) is 8.45. The van der Waals surface area contributed by atoms with Crippen LogP contribution in [0.25, 0.3) is 0 Å². The molecular weight excluding hydrogens is 164 g/mol. The predicted molar refractivity (Wildman–Crippen MR) is 49.4 cm³/mol. The van der Waals surface area contributed by atoms with E-state index in [1.807, 2.05) is 37.3 Å². The van der Waals surface area contributed by atoms with Gasteiger partial charge >= 0.3 is 0 Å².